The number of amides is 1. The summed E-state index contributed by atoms with van der Waals surface area (Å²) in [6, 6.07) is 4.09. The molecule has 0 aliphatic carbocycles. The molecule has 108 valence electrons. The Balaban J connectivity index is 2.37. The van der Waals surface area contributed by atoms with Crippen molar-refractivity contribution in [1.82, 2.24) is 4.90 Å². The summed E-state index contributed by atoms with van der Waals surface area (Å²) in [5.74, 6) is -1.22. The number of rotatable bonds is 2. The molecule has 0 bridgehead atoms. The van der Waals surface area contributed by atoms with Crippen LogP contribution in [0.4, 0.5) is 4.39 Å². The zero-order valence-corrected chi connectivity index (χ0v) is 11.9. The second kappa shape index (κ2) is 5.23. The van der Waals surface area contributed by atoms with Crippen LogP contribution in [0.15, 0.2) is 18.2 Å². The van der Waals surface area contributed by atoms with Gasteiger partial charge in [-0.3, -0.25) is 4.79 Å². The van der Waals surface area contributed by atoms with E-state index >= 15 is 0 Å². The molecule has 2 rings (SSSR count). The van der Waals surface area contributed by atoms with E-state index in [1.165, 1.54) is 24.1 Å². The first kappa shape index (κ1) is 14.5. The molecule has 1 aliphatic rings. The predicted molar refractivity (Wildman–Crippen MR) is 71.8 cm³/mol. The number of methoxy groups -OCH3 is 1. The standard InChI is InChI=1S/C15H18FNO3/c1-10-5-6-11(16)9-12(10)13(18)17-8-4-7-15(17,2)14(19)20-3/h5-6,9H,4,7-8H2,1-3H3. The van der Waals surface area contributed by atoms with Crippen LogP contribution in [0.2, 0.25) is 0 Å². The number of nitrogens with zero attached hydrogens (tertiary/aromatic N) is 1. The normalized spacial score (nSPS) is 21.9. The van der Waals surface area contributed by atoms with Gasteiger partial charge in [0.15, 0.2) is 0 Å². The molecule has 0 radical (unpaired) electrons. The van der Waals surface area contributed by atoms with E-state index in [0.29, 0.717) is 24.1 Å². The molecule has 1 amide bonds. The monoisotopic (exact) mass is 279 g/mol. The summed E-state index contributed by atoms with van der Waals surface area (Å²) in [5, 5.41) is 0. The van der Waals surface area contributed by atoms with Crippen LogP contribution in [0.1, 0.15) is 35.7 Å². The highest BCUT2D eigenvalue weighted by Gasteiger charge is 2.47. The molecule has 4 nitrogen and oxygen atoms in total. The number of aryl methyl sites for hydroxylation is 1. The van der Waals surface area contributed by atoms with E-state index in [-0.39, 0.29) is 5.91 Å². The van der Waals surface area contributed by atoms with Crippen LogP contribution in [0, 0.1) is 12.7 Å². The first-order valence-electron chi connectivity index (χ1n) is 6.56. The minimum Gasteiger partial charge on any atom is -0.467 e. The predicted octanol–water partition coefficient (Wildman–Crippen LogP) is 2.30. The van der Waals surface area contributed by atoms with Crippen molar-refractivity contribution < 1.29 is 18.7 Å². The van der Waals surface area contributed by atoms with E-state index in [0.717, 1.165) is 6.42 Å². The molecular weight excluding hydrogens is 261 g/mol. The van der Waals surface area contributed by atoms with Gasteiger partial charge in [0.1, 0.15) is 11.4 Å². The average molecular weight is 279 g/mol. The van der Waals surface area contributed by atoms with Gasteiger partial charge in [0, 0.05) is 12.1 Å². The van der Waals surface area contributed by atoms with E-state index < -0.39 is 17.3 Å². The van der Waals surface area contributed by atoms with E-state index in [2.05, 4.69) is 0 Å². The van der Waals surface area contributed by atoms with E-state index in [1.54, 1.807) is 19.9 Å². The van der Waals surface area contributed by atoms with Crippen LogP contribution >= 0.6 is 0 Å². The second-order valence-electron chi connectivity index (χ2n) is 5.29. The topological polar surface area (TPSA) is 46.6 Å². The summed E-state index contributed by atoms with van der Waals surface area (Å²) in [6.45, 7) is 3.91. The SMILES string of the molecule is COC(=O)C1(C)CCCN1C(=O)c1cc(F)ccc1C. The molecule has 1 aromatic carbocycles. The highest BCUT2D eigenvalue weighted by Crippen LogP contribution is 2.32. The molecule has 1 aromatic rings. The molecule has 0 N–H and O–H groups in total. The van der Waals surface area contributed by atoms with Gasteiger partial charge in [-0.25, -0.2) is 9.18 Å². The lowest BCUT2D eigenvalue weighted by Gasteiger charge is -2.32. The van der Waals surface area contributed by atoms with Crippen LogP contribution in [0.25, 0.3) is 0 Å². The Labute approximate surface area is 117 Å². The van der Waals surface area contributed by atoms with Gasteiger partial charge in [-0.15, -0.1) is 0 Å². The maximum absolute atomic E-state index is 13.3. The molecule has 1 atom stereocenters. The van der Waals surface area contributed by atoms with Crippen LogP contribution < -0.4 is 0 Å². The van der Waals surface area contributed by atoms with Crippen molar-refractivity contribution in [1.29, 1.82) is 0 Å². The summed E-state index contributed by atoms with van der Waals surface area (Å²) in [6.07, 6.45) is 1.28. The second-order valence-corrected chi connectivity index (χ2v) is 5.29. The summed E-state index contributed by atoms with van der Waals surface area (Å²) in [4.78, 5) is 26.0. The molecule has 0 aromatic heterocycles. The number of halogens is 1. The molecule has 20 heavy (non-hydrogen) atoms. The van der Waals surface area contributed by atoms with Gasteiger partial charge in [-0.05, 0) is 44.4 Å². The van der Waals surface area contributed by atoms with E-state index in [4.69, 9.17) is 4.74 Å². The number of carbonyl (C=O) groups is 2. The summed E-state index contributed by atoms with van der Waals surface area (Å²) < 4.78 is 18.1. The van der Waals surface area contributed by atoms with Crippen LogP contribution in [-0.4, -0.2) is 36.0 Å². The first-order chi connectivity index (χ1) is 9.40. The molecule has 1 fully saturated rings. The molecule has 0 saturated carbocycles. The van der Waals surface area contributed by atoms with Crippen molar-refractivity contribution in [2.45, 2.75) is 32.2 Å². The largest absolute Gasteiger partial charge is 0.467 e. The number of ether oxygens (including phenoxy) is 1. The van der Waals surface area contributed by atoms with Crippen molar-refractivity contribution in [2.24, 2.45) is 0 Å². The van der Waals surface area contributed by atoms with E-state index in [1.807, 2.05) is 0 Å². The third kappa shape index (κ3) is 2.28. The van der Waals surface area contributed by atoms with Gasteiger partial charge in [0.2, 0.25) is 0 Å². The third-order valence-electron chi connectivity index (χ3n) is 3.94. The fourth-order valence-corrected chi connectivity index (χ4v) is 2.69. The molecule has 1 saturated heterocycles. The first-order valence-corrected chi connectivity index (χ1v) is 6.56. The number of benzene rings is 1. The van der Waals surface area contributed by atoms with Crippen LogP contribution in [0.5, 0.6) is 0 Å². The van der Waals surface area contributed by atoms with Crippen molar-refractivity contribution in [3.05, 3.63) is 35.1 Å². The third-order valence-corrected chi connectivity index (χ3v) is 3.94. The molecule has 1 unspecified atom stereocenters. The van der Waals surface area contributed by atoms with Crippen molar-refractivity contribution in [2.75, 3.05) is 13.7 Å². The molecule has 5 heteroatoms. The molecule has 1 aliphatic heterocycles. The molecule has 0 spiro atoms. The summed E-state index contributed by atoms with van der Waals surface area (Å²) >= 11 is 0. The van der Waals surface area contributed by atoms with Gasteiger partial charge >= 0.3 is 5.97 Å². The maximum Gasteiger partial charge on any atom is 0.331 e. The zero-order chi connectivity index (χ0) is 14.9. The zero-order valence-electron chi connectivity index (χ0n) is 11.9. The van der Waals surface area contributed by atoms with Gasteiger partial charge in [-0.1, -0.05) is 6.07 Å². The quantitative estimate of drug-likeness (QED) is 0.780. The lowest BCUT2D eigenvalue weighted by molar-refractivity contribution is -0.151. The van der Waals surface area contributed by atoms with E-state index in [9.17, 15) is 14.0 Å². The number of hydrogen-bond acceptors (Lipinski definition) is 3. The summed E-state index contributed by atoms with van der Waals surface area (Å²) in [7, 11) is 1.31. The Kier molecular flexibility index (Phi) is 3.79. The Morgan fingerprint density at radius 2 is 2.10 bits per heavy atom. The van der Waals surface area contributed by atoms with Gasteiger partial charge in [0.25, 0.3) is 5.91 Å². The number of carbonyl (C=O) groups excluding carboxylic acids is 2. The lowest BCUT2D eigenvalue weighted by Crippen LogP contribution is -2.51. The highest BCUT2D eigenvalue weighted by molar-refractivity contribution is 5.99. The van der Waals surface area contributed by atoms with Crippen LogP contribution in [0.3, 0.4) is 0 Å². The number of esters is 1. The minimum absolute atomic E-state index is 0.294. The highest BCUT2D eigenvalue weighted by atomic mass is 19.1. The van der Waals surface area contributed by atoms with Crippen molar-refractivity contribution in [3.8, 4) is 0 Å². The Morgan fingerprint density at radius 1 is 1.40 bits per heavy atom. The Morgan fingerprint density at radius 3 is 2.75 bits per heavy atom. The number of likely N-dealkylation sites (tertiary alicyclic amines) is 1. The van der Waals surface area contributed by atoms with Gasteiger partial charge in [-0.2, -0.15) is 0 Å². The summed E-state index contributed by atoms with van der Waals surface area (Å²) in [5.41, 5.74) is 0.0162. The average Bonchev–Trinajstić information content (AvgIpc) is 2.83. The van der Waals surface area contributed by atoms with Gasteiger partial charge < -0.3 is 9.64 Å². The van der Waals surface area contributed by atoms with Crippen molar-refractivity contribution >= 4 is 11.9 Å². The van der Waals surface area contributed by atoms with Gasteiger partial charge in [0.05, 0.1) is 7.11 Å². The van der Waals surface area contributed by atoms with Crippen molar-refractivity contribution in [3.63, 3.8) is 0 Å². The number of hydrogen-bond donors (Lipinski definition) is 0. The fourth-order valence-electron chi connectivity index (χ4n) is 2.69. The Bertz CT molecular complexity index is 558. The fraction of sp³-hybridized carbons (Fsp3) is 0.467. The van der Waals surface area contributed by atoms with Crippen LogP contribution in [-0.2, 0) is 9.53 Å². The minimum atomic E-state index is -0.968. The smallest absolute Gasteiger partial charge is 0.331 e. The maximum atomic E-state index is 13.3. The molecular formula is C15H18FNO3. The molecule has 1 heterocycles. The Hall–Kier alpha value is -1.91. The lowest BCUT2D eigenvalue weighted by atomic mass is 9.97.